The van der Waals surface area contributed by atoms with Gasteiger partial charge in [0, 0.05) is 46.2 Å². The van der Waals surface area contributed by atoms with Gasteiger partial charge in [0.05, 0.1) is 17.3 Å². The summed E-state index contributed by atoms with van der Waals surface area (Å²) in [4.78, 5) is 20.8. The molecule has 2 aromatic carbocycles. The summed E-state index contributed by atoms with van der Waals surface area (Å²) in [5, 5.41) is 9.96. The number of pyridine rings is 1. The van der Waals surface area contributed by atoms with E-state index in [2.05, 4.69) is 20.6 Å². The highest BCUT2D eigenvalue weighted by Gasteiger charge is 2.07. The van der Waals surface area contributed by atoms with E-state index in [9.17, 15) is 4.79 Å². The lowest BCUT2D eigenvalue weighted by Gasteiger charge is -2.09. The number of nitrogens with zero attached hydrogens (tertiary/aromatic N) is 2. The first-order valence-corrected chi connectivity index (χ1v) is 11.8. The van der Waals surface area contributed by atoms with Gasteiger partial charge in [0.15, 0.2) is 5.13 Å². The number of aromatic nitrogens is 2. The first-order valence-electron chi connectivity index (χ1n) is 10.2. The van der Waals surface area contributed by atoms with Crippen molar-refractivity contribution in [2.45, 2.75) is 12.8 Å². The highest BCUT2D eigenvalue weighted by atomic mass is 35.5. The van der Waals surface area contributed by atoms with E-state index >= 15 is 0 Å². The number of halogens is 2. The van der Waals surface area contributed by atoms with Gasteiger partial charge >= 0.3 is 0 Å². The van der Waals surface area contributed by atoms with Gasteiger partial charge in [-0.25, -0.2) is 4.98 Å². The number of carbonyl (C=O) groups excluding carboxylic acids is 1. The molecule has 9 heteroatoms. The predicted octanol–water partition coefficient (Wildman–Crippen LogP) is 7.05. The fourth-order valence-electron chi connectivity index (χ4n) is 2.98. The fourth-order valence-corrected chi connectivity index (χ4v) is 4.18. The van der Waals surface area contributed by atoms with Gasteiger partial charge in [-0.3, -0.25) is 9.78 Å². The van der Waals surface area contributed by atoms with Crippen LogP contribution in [0.2, 0.25) is 10.0 Å². The number of amides is 1. The maximum absolute atomic E-state index is 12.2. The van der Waals surface area contributed by atoms with Gasteiger partial charge in [0.2, 0.25) is 5.91 Å². The van der Waals surface area contributed by atoms with Crippen molar-refractivity contribution in [3.05, 3.63) is 82.4 Å². The number of nitrogens with one attached hydrogen (secondary N) is 2. The fraction of sp³-hybridized carbons (Fsp3) is 0.125. The molecular weight excluding hydrogens is 479 g/mol. The van der Waals surface area contributed by atoms with E-state index in [-0.39, 0.29) is 5.91 Å². The van der Waals surface area contributed by atoms with E-state index in [1.165, 1.54) is 11.3 Å². The van der Waals surface area contributed by atoms with E-state index in [4.69, 9.17) is 27.9 Å². The lowest BCUT2D eigenvalue weighted by molar-refractivity contribution is -0.116. The molecule has 2 heterocycles. The van der Waals surface area contributed by atoms with Crippen LogP contribution in [0.25, 0.3) is 11.3 Å². The van der Waals surface area contributed by atoms with Gasteiger partial charge in [0.25, 0.3) is 0 Å². The molecule has 0 radical (unpaired) electrons. The Morgan fingerprint density at radius 2 is 1.76 bits per heavy atom. The third-order valence-electron chi connectivity index (χ3n) is 4.60. The molecular formula is C24H20Cl2N4O2S. The van der Waals surface area contributed by atoms with Crippen molar-refractivity contribution in [3.8, 4) is 17.0 Å². The quantitative estimate of drug-likeness (QED) is 0.241. The maximum Gasteiger partial charge on any atom is 0.224 e. The third-order valence-corrected chi connectivity index (χ3v) is 5.89. The molecule has 0 aliphatic rings. The molecule has 0 aliphatic heterocycles. The van der Waals surface area contributed by atoms with Crippen LogP contribution >= 0.6 is 34.5 Å². The van der Waals surface area contributed by atoms with E-state index in [0.29, 0.717) is 35.2 Å². The van der Waals surface area contributed by atoms with Gasteiger partial charge < -0.3 is 15.4 Å². The second-order valence-corrected chi connectivity index (χ2v) is 8.75. The largest absolute Gasteiger partial charge is 0.492 e. The van der Waals surface area contributed by atoms with Crippen LogP contribution < -0.4 is 15.4 Å². The Balaban J connectivity index is 1.22. The van der Waals surface area contributed by atoms with Crippen molar-refractivity contribution in [2.75, 3.05) is 17.2 Å². The van der Waals surface area contributed by atoms with E-state index in [0.717, 1.165) is 27.8 Å². The number of anilines is 3. The lowest BCUT2D eigenvalue weighted by Crippen LogP contribution is -2.12. The molecule has 0 fully saturated rings. The minimum absolute atomic E-state index is 0.0802. The molecule has 0 bridgehead atoms. The van der Waals surface area contributed by atoms with Crippen LogP contribution in [-0.2, 0) is 4.79 Å². The molecule has 168 valence electrons. The summed E-state index contributed by atoms with van der Waals surface area (Å²) in [6.45, 7) is 0.382. The Bertz CT molecular complexity index is 1220. The first kappa shape index (κ1) is 23.0. The molecule has 0 aliphatic carbocycles. The summed E-state index contributed by atoms with van der Waals surface area (Å²) in [6, 6.07) is 16.4. The van der Waals surface area contributed by atoms with Crippen molar-refractivity contribution in [1.82, 2.24) is 9.97 Å². The number of hydrogen-bond donors (Lipinski definition) is 2. The minimum Gasteiger partial charge on any atom is -0.492 e. The topological polar surface area (TPSA) is 76.1 Å². The zero-order chi connectivity index (χ0) is 23.0. The van der Waals surface area contributed by atoms with Gasteiger partial charge in [0.1, 0.15) is 5.75 Å². The normalized spacial score (nSPS) is 10.6. The number of rotatable bonds is 9. The molecule has 0 unspecified atom stereocenters. The number of carbonyl (C=O) groups is 1. The van der Waals surface area contributed by atoms with Gasteiger partial charge in [-0.15, -0.1) is 11.3 Å². The summed E-state index contributed by atoms with van der Waals surface area (Å²) in [5.74, 6) is 0.473. The van der Waals surface area contributed by atoms with Gasteiger partial charge in [-0.2, -0.15) is 0 Å². The smallest absolute Gasteiger partial charge is 0.224 e. The van der Waals surface area contributed by atoms with Gasteiger partial charge in [-0.1, -0.05) is 23.2 Å². The van der Waals surface area contributed by atoms with E-state index < -0.39 is 0 Å². The molecule has 2 aromatic heterocycles. The molecule has 0 spiro atoms. The summed E-state index contributed by atoms with van der Waals surface area (Å²) in [7, 11) is 0. The second-order valence-electron chi connectivity index (χ2n) is 7.05. The highest BCUT2D eigenvalue weighted by molar-refractivity contribution is 7.14. The Hall–Kier alpha value is -3.13. The zero-order valence-corrected chi connectivity index (χ0v) is 19.8. The molecule has 2 N–H and O–H groups in total. The SMILES string of the molecule is O=C(CCCOc1ccc(Cl)cc1Cl)Nc1ccc(Nc2nc(-c3ccncc3)cs2)cc1. The highest BCUT2D eigenvalue weighted by Crippen LogP contribution is 2.28. The molecule has 0 atom stereocenters. The summed E-state index contributed by atoms with van der Waals surface area (Å²) >= 11 is 13.5. The van der Waals surface area contributed by atoms with Crippen molar-refractivity contribution in [3.63, 3.8) is 0 Å². The van der Waals surface area contributed by atoms with Crippen LogP contribution in [0.3, 0.4) is 0 Å². The van der Waals surface area contributed by atoms with Crippen LogP contribution in [0.15, 0.2) is 72.4 Å². The van der Waals surface area contributed by atoms with E-state index in [1.807, 2.05) is 41.8 Å². The molecule has 1 amide bonds. The second kappa shape index (κ2) is 11.1. The van der Waals surface area contributed by atoms with Crippen LogP contribution in [0.1, 0.15) is 12.8 Å². The minimum atomic E-state index is -0.0802. The molecule has 33 heavy (non-hydrogen) atoms. The maximum atomic E-state index is 12.2. The van der Waals surface area contributed by atoms with E-state index in [1.54, 1.807) is 30.6 Å². The molecule has 0 saturated carbocycles. The van der Waals surface area contributed by atoms with Crippen molar-refractivity contribution >= 4 is 57.0 Å². The van der Waals surface area contributed by atoms with Crippen LogP contribution in [0.5, 0.6) is 5.75 Å². The summed E-state index contributed by atoms with van der Waals surface area (Å²) in [5.41, 5.74) is 3.53. The standard InChI is InChI=1S/C24H20Cl2N4O2S/c25-17-3-8-22(20(26)14-17)32-13-1-2-23(31)28-18-4-6-19(7-5-18)29-24-30-21(15-33-24)16-9-11-27-12-10-16/h3-12,14-15H,1-2,13H2,(H,28,31)(H,29,30). The van der Waals surface area contributed by atoms with Crippen molar-refractivity contribution in [1.29, 1.82) is 0 Å². The van der Waals surface area contributed by atoms with Crippen LogP contribution in [0, 0.1) is 0 Å². The third kappa shape index (κ3) is 6.68. The zero-order valence-electron chi connectivity index (χ0n) is 17.4. The van der Waals surface area contributed by atoms with Crippen molar-refractivity contribution in [2.24, 2.45) is 0 Å². The number of hydrogen-bond acceptors (Lipinski definition) is 6. The number of ether oxygens (including phenoxy) is 1. The van der Waals surface area contributed by atoms with Crippen LogP contribution in [-0.4, -0.2) is 22.5 Å². The molecule has 0 saturated heterocycles. The Morgan fingerprint density at radius 3 is 2.52 bits per heavy atom. The predicted molar refractivity (Wildman–Crippen MR) is 135 cm³/mol. The molecule has 4 aromatic rings. The molecule has 4 rings (SSSR count). The Morgan fingerprint density at radius 1 is 1.00 bits per heavy atom. The number of thiazole rings is 1. The summed E-state index contributed by atoms with van der Waals surface area (Å²) < 4.78 is 5.61. The molecule has 6 nitrogen and oxygen atoms in total. The van der Waals surface area contributed by atoms with Crippen LogP contribution in [0.4, 0.5) is 16.5 Å². The average Bonchev–Trinajstić information content (AvgIpc) is 3.28. The first-order chi connectivity index (χ1) is 16.1. The lowest BCUT2D eigenvalue weighted by atomic mass is 10.2. The Kier molecular flexibility index (Phi) is 7.78. The average molecular weight is 499 g/mol. The monoisotopic (exact) mass is 498 g/mol. The van der Waals surface area contributed by atoms with Gasteiger partial charge in [-0.05, 0) is 61.0 Å². The summed E-state index contributed by atoms with van der Waals surface area (Å²) in [6.07, 6.45) is 4.39. The Labute approximate surface area is 205 Å². The van der Waals surface area contributed by atoms with Crippen molar-refractivity contribution < 1.29 is 9.53 Å². The number of benzene rings is 2.